The molecule has 98 valence electrons. The van der Waals surface area contributed by atoms with Crippen LogP contribution in [0.25, 0.3) is 0 Å². The van der Waals surface area contributed by atoms with Gasteiger partial charge in [0.25, 0.3) is 0 Å². The molecular formula is C15H21NOS. The van der Waals surface area contributed by atoms with Gasteiger partial charge in [0.1, 0.15) is 5.78 Å². The number of hydrogen-bond donors (Lipinski definition) is 1. The number of rotatable bonds is 4. The normalized spacial score (nSPS) is 19.8. The van der Waals surface area contributed by atoms with Crippen molar-refractivity contribution in [2.24, 2.45) is 0 Å². The van der Waals surface area contributed by atoms with Gasteiger partial charge in [-0.25, -0.2) is 0 Å². The summed E-state index contributed by atoms with van der Waals surface area (Å²) in [5.74, 6) is 2.59. The number of hydrogen-bond acceptors (Lipinski definition) is 3. The highest BCUT2D eigenvalue weighted by atomic mass is 32.2. The number of ketones is 1. The standard InChI is InChI=1S/C15H21NOS/c1-11-4-3-5-12(2)15(11)9-14(17)8-13-10-18-7-6-16-13/h3-5,13,16H,6-10H2,1-2H3. The molecule has 1 N–H and O–H groups in total. The van der Waals surface area contributed by atoms with Gasteiger partial charge in [-0.2, -0.15) is 11.8 Å². The Balaban J connectivity index is 1.94. The molecule has 0 amide bonds. The largest absolute Gasteiger partial charge is 0.312 e. The van der Waals surface area contributed by atoms with Crippen molar-refractivity contribution in [1.29, 1.82) is 0 Å². The molecule has 1 atom stereocenters. The van der Waals surface area contributed by atoms with Crippen LogP contribution in [0, 0.1) is 13.8 Å². The van der Waals surface area contributed by atoms with Gasteiger partial charge in [-0.1, -0.05) is 18.2 Å². The van der Waals surface area contributed by atoms with Crippen LogP contribution in [-0.4, -0.2) is 29.9 Å². The van der Waals surface area contributed by atoms with Crippen molar-refractivity contribution in [1.82, 2.24) is 5.32 Å². The third-order valence-electron chi connectivity index (χ3n) is 3.49. The quantitative estimate of drug-likeness (QED) is 0.905. The molecule has 0 bridgehead atoms. The maximum Gasteiger partial charge on any atom is 0.138 e. The van der Waals surface area contributed by atoms with Crippen LogP contribution in [0.1, 0.15) is 23.1 Å². The van der Waals surface area contributed by atoms with Crippen LogP contribution < -0.4 is 5.32 Å². The second-order valence-corrected chi connectivity index (χ2v) is 6.17. The number of benzene rings is 1. The van der Waals surface area contributed by atoms with Crippen molar-refractivity contribution in [3.8, 4) is 0 Å². The summed E-state index contributed by atoms with van der Waals surface area (Å²) in [6.07, 6.45) is 1.25. The van der Waals surface area contributed by atoms with Crippen molar-refractivity contribution in [3.63, 3.8) is 0 Å². The topological polar surface area (TPSA) is 29.1 Å². The summed E-state index contributed by atoms with van der Waals surface area (Å²) < 4.78 is 0. The van der Waals surface area contributed by atoms with Crippen LogP contribution >= 0.6 is 11.8 Å². The molecule has 2 nitrogen and oxygen atoms in total. The molecule has 0 aromatic heterocycles. The first-order valence-corrected chi connectivity index (χ1v) is 7.70. The van der Waals surface area contributed by atoms with Crippen molar-refractivity contribution in [3.05, 3.63) is 34.9 Å². The first kappa shape index (κ1) is 13.6. The predicted molar refractivity (Wildman–Crippen MR) is 78.4 cm³/mol. The minimum absolute atomic E-state index is 0.354. The SMILES string of the molecule is Cc1cccc(C)c1CC(=O)CC1CSCCN1. The van der Waals surface area contributed by atoms with Crippen LogP contribution in [0.3, 0.4) is 0 Å². The Morgan fingerprint density at radius 2 is 2.11 bits per heavy atom. The molecular weight excluding hydrogens is 242 g/mol. The number of thioether (sulfide) groups is 1. The zero-order valence-corrected chi connectivity index (χ0v) is 12.0. The monoisotopic (exact) mass is 263 g/mol. The summed E-state index contributed by atoms with van der Waals surface area (Å²) in [6.45, 7) is 5.21. The molecule has 3 heteroatoms. The molecule has 1 aliphatic heterocycles. The fourth-order valence-electron chi connectivity index (χ4n) is 2.42. The Morgan fingerprint density at radius 1 is 1.39 bits per heavy atom. The Morgan fingerprint density at radius 3 is 2.72 bits per heavy atom. The molecule has 0 aliphatic carbocycles. The van der Waals surface area contributed by atoms with Gasteiger partial charge in [-0.15, -0.1) is 0 Å². The highest BCUT2D eigenvalue weighted by molar-refractivity contribution is 7.99. The Bertz CT molecular complexity index is 404. The lowest BCUT2D eigenvalue weighted by Crippen LogP contribution is -2.39. The van der Waals surface area contributed by atoms with Gasteiger partial charge < -0.3 is 5.32 Å². The Kier molecular flexibility index (Phi) is 4.84. The zero-order chi connectivity index (χ0) is 13.0. The van der Waals surface area contributed by atoms with E-state index in [2.05, 4.69) is 37.4 Å². The van der Waals surface area contributed by atoms with Gasteiger partial charge >= 0.3 is 0 Å². The fraction of sp³-hybridized carbons (Fsp3) is 0.533. The summed E-state index contributed by atoms with van der Waals surface area (Å²) in [6, 6.07) is 6.60. The van der Waals surface area contributed by atoms with Crippen molar-refractivity contribution >= 4 is 17.5 Å². The molecule has 1 aliphatic rings. The summed E-state index contributed by atoms with van der Waals surface area (Å²) in [4.78, 5) is 12.1. The highest BCUT2D eigenvalue weighted by Gasteiger charge is 2.17. The van der Waals surface area contributed by atoms with E-state index in [1.54, 1.807) is 0 Å². The second-order valence-electron chi connectivity index (χ2n) is 5.02. The first-order valence-electron chi connectivity index (χ1n) is 6.54. The molecule has 1 saturated heterocycles. The molecule has 2 rings (SSSR count). The molecule has 1 unspecified atom stereocenters. The summed E-state index contributed by atoms with van der Waals surface area (Å²) in [5, 5.41) is 3.42. The molecule has 1 heterocycles. The molecule has 1 aromatic carbocycles. The van der Waals surface area contributed by atoms with Crippen LogP contribution in [0.2, 0.25) is 0 Å². The molecule has 0 spiro atoms. The van der Waals surface area contributed by atoms with Crippen LogP contribution in [0.5, 0.6) is 0 Å². The molecule has 18 heavy (non-hydrogen) atoms. The smallest absolute Gasteiger partial charge is 0.138 e. The number of carbonyl (C=O) groups is 1. The van der Waals surface area contributed by atoms with Gasteiger partial charge in [0.2, 0.25) is 0 Å². The van der Waals surface area contributed by atoms with Gasteiger partial charge in [0, 0.05) is 36.9 Å². The molecule has 0 saturated carbocycles. The van der Waals surface area contributed by atoms with Crippen LogP contribution in [-0.2, 0) is 11.2 Å². The van der Waals surface area contributed by atoms with Crippen LogP contribution in [0.15, 0.2) is 18.2 Å². The van der Waals surface area contributed by atoms with E-state index >= 15 is 0 Å². The average molecular weight is 263 g/mol. The van der Waals surface area contributed by atoms with E-state index in [4.69, 9.17) is 0 Å². The summed E-state index contributed by atoms with van der Waals surface area (Å²) in [5.41, 5.74) is 3.68. The number of carbonyl (C=O) groups excluding carboxylic acids is 1. The lowest BCUT2D eigenvalue weighted by atomic mass is 9.96. The molecule has 1 fully saturated rings. The lowest BCUT2D eigenvalue weighted by molar-refractivity contribution is -0.118. The predicted octanol–water partition coefficient (Wildman–Crippen LogP) is 2.51. The van der Waals surface area contributed by atoms with Crippen LogP contribution in [0.4, 0.5) is 0 Å². The highest BCUT2D eigenvalue weighted by Crippen LogP contribution is 2.16. The van der Waals surface area contributed by atoms with E-state index in [0.29, 0.717) is 24.7 Å². The third-order valence-corrected chi connectivity index (χ3v) is 4.62. The summed E-state index contributed by atoms with van der Waals surface area (Å²) in [7, 11) is 0. The van der Waals surface area contributed by atoms with Crippen molar-refractivity contribution in [2.45, 2.75) is 32.7 Å². The number of Topliss-reactive ketones (excluding diaryl/α,β-unsaturated/α-hetero) is 1. The van der Waals surface area contributed by atoms with E-state index < -0.39 is 0 Å². The lowest BCUT2D eigenvalue weighted by Gasteiger charge is -2.22. The van der Waals surface area contributed by atoms with E-state index in [0.717, 1.165) is 12.3 Å². The Labute approximate surface area is 114 Å². The minimum Gasteiger partial charge on any atom is -0.312 e. The summed E-state index contributed by atoms with van der Waals surface area (Å²) >= 11 is 1.94. The molecule has 0 radical (unpaired) electrons. The maximum atomic E-state index is 12.1. The minimum atomic E-state index is 0.354. The number of nitrogens with one attached hydrogen (secondary N) is 1. The zero-order valence-electron chi connectivity index (χ0n) is 11.2. The van der Waals surface area contributed by atoms with Crippen molar-refractivity contribution < 1.29 is 4.79 Å². The number of aryl methyl sites for hydroxylation is 2. The van der Waals surface area contributed by atoms with Gasteiger partial charge in [0.15, 0.2) is 0 Å². The van der Waals surface area contributed by atoms with Gasteiger partial charge in [-0.3, -0.25) is 4.79 Å². The van der Waals surface area contributed by atoms with Gasteiger partial charge in [0.05, 0.1) is 0 Å². The molecule has 1 aromatic rings. The van der Waals surface area contributed by atoms with Crippen molar-refractivity contribution in [2.75, 3.05) is 18.1 Å². The van der Waals surface area contributed by atoms with E-state index in [9.17, 15) is 4.79 Å². The van der Waals surface area contributed by atoms with E-state index in [1.165, 1.54) is 22.4 Å². The average Bonchev–Trinajstić information content (AvgIpc) is 2.35. The van der Waals surface area contributed by atoms with E-state index in [1.807, 2.05) is 11.8 Å². The van der Waals surface area contributed by atoms with Gasteiger partial charge in [-0.05, 0) is 30.5 Å². The fourth-order valence-corrected chi connectivity index (χ4v) is 3.37. The Hall–Kier alpha value is -0.800. The third kappa shape index (κ3) is 3.59. The first-order chi connectivity index (χ1) is 8.66. The second kappa shape index (κ2) is 6.39. The van der Waals surface area contributed by atoms with E-state index in [-0.39, 0.29) is 0 Å². The maximum absolute atomic E-state index is 12.1.